The van der Waals surface area contributed by atoms with Gasteiger partial charge in [0.25, 0.3) is 0 Å². The topological polar surface area (TPSA) is 50.9 Å². The van der Waals surface area contributed by atoms with Gasteiger partial charge in [0, 0.05) is 23.0 Å². The molecule has 0 amide bonds. The highest BCUT2D eigenvalue weighted by Gasteiger charge is 2.52. The summed E-state index contributed by atoms with van der Waals surface area (Å²) in [5, 5.41) is 4.78. The number of benzene rings is 2. The van der Waals surface area contributed by atoms with E-state index in [1.54, 1.807) is 12.1 Å². The molecule has 4 heteroatoms. The number of aryl methyl sites for hydroxylation is 1. The zero-order valence-corrected chi connectivity index (χ0v) is 13.9. The van der Waals surface area contributed by atoms with Crippen molar-refractivity contribution in [2.75, 3.05) is 17.6 Å². The average molecular weight is 333 g/mol. The van der Waals surface area contributed by atoms with Gasteiger partial charge in [-0.3, -0.25) is 0 Å². The number of pyridine rings is 1. The highest BCUT2D eigenvalue weighted by molar-refractivity contribution is 5.94. The Labute approximate surface area is 146 Å². The monoisotopic (exact) mass is 333 g/mol. The molecule has 2 aromatic carbocycles. The van der Waals surface area contributed by atoms with Gasteiger partial charge in [-0.1, -0.05) is 24.3 Å². The number of nitrogens with zero attached hydrogens (tertiary/aromatic N) is 1. The van der Waals surface area contributed by atoms with Crippen molar-refractivity contribution in [2.45, 2.75) is 18.8 Å². The third-order valence-corrected chi connectivity index (χ3v) is 5.86. The molecular formula is C21H20FN3. The normalized spacial score (nSPS) is 23.8. The van der Waals surface area contributed by atoms with Gasteiger partial charge in [0.1, 0.15) is 11.6 Å². The first kappa shape index (κ1) is 14.7. The van der Waals surface area contributed by atoms with Crippen molar-refractivity contribution >= 4 is 22.3 Å². The summed E-state index contributed by atoms with van der Waals surface area (Å²) in [4.78, 5) is 4.27. The predicted octanol–water partition coefficient (Wildman–Crippen LogP) is 4.34. The molecule has 0 radical (unpaired) electrons. The summed E-state index contributed by atoms with van der Waals surface area (Å²) in [6, 6.07) is 14.1. The first-order chi connectivity index (χ1) is 12.2. The van der Waals surface area contributed by atoms with Gasteiger partial charge in [0.05, 0.1) is 6.20 Å². The number of nitrogens with one attached hydrogen (secondary N) is 1. The van der Waals surface area contributed by atoms with Gasteiger partial charge in [-0.05, 0) is 59.9 Å². The molecule has 0 aliphatic heterocycles. The van der Waals surface area contributed by atoms with Crippen molar-refractivity contribution in [1.82, 2.24) is 4.98 Å². The number of hydrogen-bond donors (Lipinski definition) is 2. The zero-order valence-electron chi connectivity index (χ0n) is 13.9. The average Bonchev–Trinajstić information content (AvgIpc) is 3.35. The quantitative estimate of drug-likeness (QED) is 0.701. The van der Waals surface area contributed by atoms with Crippen molar-refractivity contribution in [3.05, 3.63) is 65.6 Å². The molecule has 0 bridgehead atoms. The van der Waals surface area contributed by atoms with Crippen LogP contribution in [-0.2, 0) is 6.42 Å². The Morgan fingerprint density at radius 3 is 2.96 bits per heavy atom. The lowest BCUT2D eigenvalue weighted by atomic mass is 9.92. The minimum atomic E-state index is -0.332. The van der Waals surface area contributed by atoms with Gasteiger partial charge in [-0.25, -0.2) is 9.37 Å². The van der Waals surface area contributed by atoms with E-state index in [0.29, 0.717) is 22.9 Å². The van der Waals surface area contributed by atoms with Crippen LogP contribution in [0.5, 0.6) is 0 Å². The smallest absolute Gasteiger partial charge is 0.149 e. The van der Waals surface area contributed by atoms with E-state index < -0.39 is 0 Å². The van der Waals surface area contributed by atoms with Gasteiger partial charge in [-0.2, -0.15) is 0 Å². The Bertz CT molecular complexity index is 969. The SMILES string of the molecule is Nc1ccc2c(NCC3C4CCc5ccccc5C43)ncc(F)c2c1. The summed E-state index contributed by atoms with van der Waals surface area (Å²) >= 11 is 0. The number of fused-ring (bicyclic) bond motifs is 4. The van der Waals surface area contributed by atoms with Gasteiger partial charge in [-0.15, -0.1) is 0 Å². The highest BCUT2D eigenvalue weighted by Crippen LogP contribution is 2.59. The Morgan fingerprint density at radius 2 is 2.04 bits per heavy atom. The van der Waals surface area contributed by atoms with E-state index in [1.807, 2.05) is 6.07 Å². The fourth-order valence-corrected chi connectivity index (χ4v) is 4.57. The lowest BCUT2D eigenvalue weighted by molar-refractivity contribution is 0.633. The van der Waals surface area contributed by atoms with Crippen molar-refractivity contribution in [2.24, 2.45) is 11.8 Å². The number of nitrogen functional groups attached to an aromatic ring is 1. The van der Waals surface area contributed by atoms with Crippen molar-refractivity contribution in [1.29, 1.82) is 0 Å². The Hall–Kier alpha value is -2.62. The molecule has 3 aromatic rings. The van der Waals surface area contributed by atoms with Crippen LogP contribution in [0, 0.1) is 17.7 Å². The van der Waals surface area contributed by atoms with Gasteiger partial charge in [0.15, 0.2) is 0 Å². The zero-order chi connectivity index (χ0) is 17.0. The molecule has 1 saturated carbocycles. The molecule has 5 rings (SSSR count). The summed E-state index contributed by atoms with van der Waals surface area (Å²) in [5.74, 6) is 2.49. The van der Waals surface area contributed by atoms with E-state index in [-0.39, 0.29) is 5.82 Å². The van der Waals surface area contributed by atoms with E-state index in [1.165, 1.54) is 30.2 Å². The standard InChI is InChI=1S/C21H20FN3/c22-19-11-25-21(16-8-6-13(23)9-17(16)19)24-10-18-15-7-5-12-3-1-2-4-14(12)20(15)18/h1-4,6,8-9,11,15,18,20H,5,7,10,23H2,(H,24,25). The van der Waals surface area contributed by atoms with Crippen LogP contribution in [0.1, 0.15) is 23.5 Å². The second kappa shape index (κ2) is 5.45. The van der Waals surface area contributed by atoms with Gasteiger partial charge in [0.2, 0.25) is 0 Å². The molecule has 1 fully saturated rings. The van der Waals surface area contributed by atoms with E-state index in [4.69, 9.17) is 5.73 Å². The lowest BCUT2D eigenvalue weighted by Gasteiger charge is -2.13. The number of anilines is 2. The minimum absolute atomic E-state index is 0.332. The van der Waals surface area contributed by atoms with Crippen LogP contribution < -0.4 is 11.1 Å². The summed E-state index contributed by atoms with van der Waals surface area (Å²) < 4.78 is 14.0. The first-order valence-corrected chi connectivity index (χ1v) is 8.88. The molecule has 2 aliphatic rings. The van der Waals surface area contributed by atoms with Crippen LogP contribution in [0.2, 0.25) is 0 Å². The van der Waals surface area contributed by atoms with Crippen molar-refractivity contribution < 1.29 is 4.39 Å². The molecule has 1 heterocycles. The third-order valence-electron chi connectivity index (χ3n) is 5.86. The van der Waals surface area contributed by atoms with Crippen LogP contribution >= 0.6 is 0 Å². The van der Waals surface area contributed by atoms with Gasteiger partial charge < -0.3 is 11.1 Å². The van der Waals surface area contributed by atoms with Crippen LogP contribution in [0.25, 0.3) is 10.8 Å². The highest BCUT2D eigenvalue weighted by atomic mass is 19.1. The second-order valence-electron chi connectivity index (χ2n) is 7.23. The maximum absolute atomic E-state index is 14.0. The van der Waals surface area contributed by atoms with E-state index >= 15 is 0 Å². The molecule has 3 atom stereocenters. The fraction of sp³-hybridized carbons (Fsp3) is 0.286. The Kier molecular flexibility index (Phi) is 3.20. The van der Waals surface area contributed by atoms with E-state index in [0.717, 1.165) is 23.7 Å². The summed E-state index contributed by atoms with van der Waals surface area (Å²) in [6.07, 6.45) is 3.73. The lowest BCUT2D eigenvalue weighted by Crippen LogP contribution is -2.08. The van der Waals surface area contributed by atoms with E-state index in [2.05, 4.69) is 34.6 Å². The molecule has 0 spiro atoms. The molecular weight excluding hydrogens is 313 g/mol. The molecule has 1 aromatic heterocycles. The maximum Gasteiger partial charge on any atom is 0.149 e. The van der Waals surface area contributed by atoms with E-state index in [9.17, 15) is 4.39 Å². The van der Waals surface area contributed by atoms with Crippen molar-refractivity contribution in [3.63, 3.8) is 0 Å². The number of hydrogen-bond acceptors (Lipinski definition) is 3. The molecule has 2 aliphatic carbocycles. The summed E-state index contributed by atoms with van der Waals surface area (Å²) in [5.41, 5.74) is 9.39. The number of aromatic nitrogens is 1. The molecule has 3 N–H and O–H groups in total. The molecule has 126 valence electrons. The predicted molar refractivity (Wildman–Crippen MR) is 99.1 cm³/mol. The van der Waals surface area contributed by atoms with Crippen molar-refractivity contribution in [3.8, 4) is 0 Å². The van der Waals surface area contributed by atoms with Crippen LogP contribution in [0.15, 0.2) is 48.7 Å². The van der Waals surface area contributed by atoms with Crippen LogP contribution in [0.3, 0.4) is 0 Å². The minimum Gasteiger partial charge on any atom is -0.399 e. The molecule has 0 saturated heterocycles. The van der Waals surface area contributed by atoms with Crippen LogP contribution in [-0.4, -0.2) is 11.5 Å². The van der Waals surface area contributed by atoms with Crippen LogP contribution in [0.4, 0.5) is 15.9 Å². The summed E-state index contributed by atoms with van der Waals surface area (Å²) in [6.45, 7) is 0.877. The third kappa shape index (κ3) is 2.36. The number of halogens is 1. The maximum atomic E-state index is 14.0. The van der Waals surface area contributed by atoms with Gasteiger partial charge >= 0.3 is 0 Å². The Balaban J connectivity index is 1.38. The second-order valence-corrected chi connectivity index (χ2v) is 7.23. The Morgan fingerprint density at radius 1 is 1.16 bits per heavy atom. The summed E-state index contributed by atoms with van der Waals surface area (Å²) in [7, 11) is 0. The number of rotatable bonds is 3. The fourth-order valence-electron chi connectivity index (χ4n) is 4.57. The molecule has 25 heavy (non-hydrogen) atoms. The number of nitrogens with two attached hydrogens (primary N) is 1. The molecule has 3 nitrogen and oxygen atoms in total. The largest absolute Gasteiger partial charge is 0.399 e. The first-order valence-electron chi connectivity index (χ1n) is 8.88. The molecule has 3 unspecified atom stereocenters.